The summed E-state index contributed by atoms with van der Waals surface area (Å²) < 4.78 is 10.7. The molecule has 0 aromatic heterocycles. The van der Waals surface area contributed by atoms with E-state index in [0.29, 0.717) is 6.04 Å². The van der Waals surface area contributed by atoms with Gasteiger partial charge in [-0.25, -0.2) is 0 Å². The zero-order valence-electron chi connectivity index (χ0n) is 11.5. The minimum absolute atomic E-state index is 0.251. The molecular weight excluding hydrogens is 226 g/mol. The molecular formula is C15H23NO2. The van der Waals surface area contributed by atoms with Gasteiger partial charge in [-0.3, -0.25) is 0 Å². The quantitative estimate of drug-likeness (QED) is 0.870. The van der Waals surface area contributed by atoms with Crippen LogP contribution in [0.1, 0.15) is 36.9 Å². The van der Waals surface area contributed by atoms with Gasteiger partial charge < -0.3 is 14.8 Å². The van der Waals surface area contributed by atoms with E-state index in [2.05, 4.69) is 30.4 Å². The lowest BCUT2D eigenvalue weighted by atomic mass is 9.87. The SMILES string of the molecule is COc1cccc2c1CCCC2NCC(C)OC. The lowest BCUT2D eigenvalue weighted by Crippen LogP contribution is -2.32. The molecule has 0 aliphatic heterocycles. The summed E-state index contributed by atoms with van der Waals surface area (Å²) in [6.45, 7) is 2.97. The van der Waals surface area contributed by atoms with Gasteiger partial charge in [0.2, 0.25) is 0 Å². The number of hydrogen-bond acceptors (Lipinski definition) is 3. The van der Waals surface area contributed by atoms with Gasteiger partial charge in [-0.2, -0.15) is 0 Å². The summed E-state index contributed by atoms with van der Waals surface area (Å²) in [7, 11) is 3.50. The molecule has 1 aromatic rings. The molecule has 0 radical (unpaired) electrons. The number of rotatable bonds is 5. The fraction of sp³-hybridized carbons (Fsp3) is 0.600. The van der Waals surface area contributed by atoms with Crippen molar-refractivity contribution in [3.05, 3.63) is 29.3 Å². The summed E-state index contributed by atoms with van der Waals surface area (Å²) in [4.78, 5) is 0. The molecule has 1 aliphatic carbocycles. The average Bonchev–Trinajstić information content (AvgIpc) is 2.43. The summed E-state index contributed by atoms with van der Waals surface area (Å²) >= 11 is 0. The van der Waals surface area contributed by atoms with Crippen molar-refractivity contribution in [2.45, 2.75) is 38.3 Å². The predicted octanol–water partition coefficient (Wildman–Crippen LogP) is 2.70. The molecule has 18 heavy (non-hydrogen) atoms. The van der Waals surface area contributed by atoms with Crippen LogP contribution in [0, 0.1) is 0 Å². The Labute approximate surface area is 109 Å². The van der Waals surface area contributed by atoms with Crippen molar-refractivity contribution in [3.8, 4) is 5.75 Å². The second kappa shape index (κ2) is 6.21. The van der Waals surface area contributed by atoms with E-state index in [1.54, 1.807) is 14.2 Å². The topological polar surface area (TPSA) is 30.5 Å². The number of ether oxygens (including phenoxy) is 2. The zero-order chi connectivity index (χ0) is 13.0. The first kappa shape index (κ1) is 13.4. The Balaban J connectivity index is 2.12. The van der Waals surface area contributed by atoms with Crippen molar-refractivity contribution in [1.29, 1.82) is 0 Å². The largest absolute Gasteiger partial charge is 0.496 e. The van der Waals surface area contributed by atoms with Gasteiger partial charge in [-0.05, 0) is 43.4 Å². The van der Waals surface area contributed by atoms with Crippen LogP contribution in [0.4, 0.5) is 0 Å². The smallest absolute Gasteiger partial charge is 0.122 e. The molecule has 100 valence electrons. The van der Waals surface area contributed by atoms with Gasteiger partial charge in [0, 0.05) is 19.7 Å². The van der Waals surface area contributed by atoms with E-state index in [1.165, 1.54) is 24.0 Å². The Morgan fingerprint density at radius 3 is 2.94 bits per heavy atom. The number of fused-ring (bicyclic) bond motifs is 1. The minimum Gasteiger partial charge on any atom is -0.496 e. The third-order valence-electron chi connectivity index (χ3n) is 3.74. The molecule has 0 fully saturated rings. The lowest BCUT2D eigenvalue weighted by molar-refractivity contribution is 0.113. The molecule has 0 saturated carbocycles. The molecule has 2 atom stereocenters. The van der Waals surface area contributed by atoms with E-state index in [0.717, 1.165) is 18.7 Å². The maximum Gasteiger partial charge on any atom is 0.122 e. The highest BCUT2D eigenvalue weighted by atomic mass is 16.5. The molecule has 0 heterocycles. The number of hydrogen-bond donors (Lipinski definition) is 1. The first-order valence-corrected chi connectivity index (χ1v) is 6.68. The van der Waals surface area contributed by atoms with Crippen molar-refractivity contribution in [2.75, 3.05) is 20.8 Å². The van der Waals surface area contributed by atoms with E-state index in [-0.39, 0.29) is 6.10 Å². The molecule has 0 bridgehead atoms. The molecule has 0 saturated heterocycles. The maximum absolute atomic E-state index is 5.46. The van der Waals surface area contributed by atoms with Gasteiger partial charge in [-0.1, -0.05) is 12.1 Å². The van der Waals surface area contributed by atoms with Crippen LogP contribution in [0.25, 0.3) is 0 Å². The zero-order valence-corrected chi connectivity index (χ0v) is 11.5. The summed E-state index contributed by atoms with van der Waals surface area (Å²) in [5.41, 5.74) is 2.76. The number of benzene rings is 1. The fourth-order valence-electron chi connectivity index (χ4n) is 2.61. The molecule has 2 rings (SSSR count). The third kappa shape index (κ3) is 2.85. The number of nitrogens with one attached hydrogen (secondary N) is 1. The van der Waals surface area contributed by atoms with Crippen LogP contribution < -0.4 is 10.1 Å². The summed E-state index contributed by atoms with van der Waals surface area (Å²) in [5.74, 6) is 1.03. The van der Waals surface area contributed by atoms with Crippen LogP contribution in [0.2, 0.25) is 0 Å². The third-order valence-corrected chi connectivity index (χ3v) is 3.74. The summed E-state index contributed by atoms with van der Waals surface area (Å²) in [5, 5.41) is 3.60. The second-order valence-corrected chi connectivity index (χ2v) is 4.93. The Bertz CT molecular complexity index is 392. The van der Waals surface area contributed by atoms with Crippen molar-refractivity contribution in [3.63, 3.8) is 0 Å². The maximum atomic E-state index is 5.46. The predicted molar refractivity (Wildman–Crippen MR) is 73.1 cm³/mol. The fourth-order valence-corrected chi connectivity index (χ4v) is 2.61. The molecule has 3 nitrogen and oxygen atoms in total. The van der Waals surface area contributed by atoms with E-state index in [1.807, 2.05) is 0 Å². The summed E-state index contributed by atoms with van der Waals surface area (Å²) in [6.07, 6.45) is 3.78. The first-order valence-electron chi connectivity index (χ1n) is 6.68. The van der Waals surface area contributed by atoms with Crippen LogP contribution in [-0.4, -0.2) is 26.9 Å². The van der Waals surface area contributed by atoms with Gasteiger partial charge in [0.05, 0.1) is 13.2 Å². The standard InChI is InChI=1S/C15H23NO2/c1-11(17-2)10-16-14-8-4-7-13-12(14)6-5-9-15(13)18-3/h5-6,9,11,14,16H,4,7-8,10H2,1-3H3. The van der Waals surface area contributed by atoms with Crippen LogP contribution in [0.3, 0.4) is 0 Å². The van der Waals surface area contributed by atoms with Crippen LogP contribution in [0.5, 0.6) is 5.75 Å². The average molecular weight is 249 g/mol. The first-order chi connectivity index (χ1) is 8.76. The van der Waals surface area contributed by atoms with Crippen molar-refractivity contribution >= 4 is 0 Å². The van der Waals surface area contributed by atoms with Crippen molar-refractivity contribution in [1.82, 2.24) is 5.32 Å². The highest BCUT2D eigenvalue weighted by Crippen LogP contribution is 2.35. The highest BCUT2D eigenvalue weighted by Gasteiger charge is 2.22. The van der Waals surface area contributed by atoms with Gasteiger partial charge in [0.25, 0.3) is 0 Å². The van der Waals surface area contributed by atoms with Crippen molar-refractivity contribution in [2.24, 2.45) is 0 Å². The molecule has 1 aliphatic rings. The van der Waals surface area contributed by atoms with Gasteiger partial charge in [0.1, 0.15) is 5.75 Å². The molecule has 1 N–H and O–H groups in total. The summed E-state index contributed by atoms with van der Waals surface area (Å²) in [6, 6.07) is 6.78. The molecule has 2 unspecified atom stereocenters. The molecule has 1 aromatic carbocycles. The van der Waals surface area contributed by atoms with E-state index in [4.69, 9.17) is 9.47 Å². The Hall–Kier alpha value is -1.06. The highest BCUT2D eigenvalue weighted by molar-refractivity contribution is 5.43. The van der Waals surface area contributed by atoms with E-state index < -0.39 is 0 Å². The Kier molecular flexibility index (Phi) is 4.61. The van der Waals surface area contributed by atoms with Crippen molar-refractivity contribution < 1.29 is 9.47 Å². The number of methoxy groups -OCH3 is 2. The molecule has 0 amide bonds. The second-order valence-electron chi connectivity index (χ2n) is 4.93. The van der Waals surface area contributed by atoms with E-state index >= 15 is 0 Å². The van der Waals surface area contributed by atoms with E-state index in [9.17, 15) is 0 Å². The monoisotopic (exact) mass is 249 g/mol. The van der Waals surface area contributed by atoms with Crippen LogP contribution >= 0.6 is 0 Å². The van der Waals surface area contributed by atoms with Gasteiger partial charge in [-0.15, -0.1) is 0 Å². The minimum atomic E-state index is 0.251. The van der Waals surface area contributed by atoms with Gasteiger partial charge >= 0.3 is 0 Å². The van der Waals surface area contributed by atoms with Crippen LogP contribution in [0.15, 0.2) is 18.2 Å². The molecule has 0 spiro atoms. The Morgan fingerprint density at radius 1 is 1.39 bits per heavy atom. The normalized spacial score (nSPS) is 20.3. The van der Waals surface area contributed by atoms with Gasteiger partial charge in [0.15, 0.2) is 0 Å². The Morgan fingerprint density at radius 2 is 2.22 bits per heavy atom. The lowest BCUT2D eigenvalue weighted by Gasteiger charge is -2.28. The van der Waals surface area contributed by atoms with Crippen LogP contribution in [-0.2, 0) is 11.2 Å². The molecule has 3 heteroatoms.